The number of nitrogens with zero attached hydrogens (tertiary/aromatic N) is 1. The molecular weight excluding hydrogens is 114 g/mol. The third-order valence-electron chi connectivity index (χ3n) is 1.82. The van der Waals surface area contributed by atoms with Gasteiger partial charge in [-0.05, 0) is 19.8 Å². The molecule has 1 fully saturated rings. The van der Waals surface area contributed by atoms with Gasteiger partial charge in [-0.2, -0.15) is 0 Å². The molecule has 2 heteroatoms. The van der Waals surface area contributed by atoms with E-state index in [2.05, 4.69) is 4.90 Å². The molecular formula is C7H13NO. The van der Waals surface area contributed by atoms with E-state index >= 15 is 0 Å². The van der Waals surface area contributed by atoms with Crippen LogP contribution in [0, 0.1) is 6.92 Å². The second-order valence-corrected chi connectivity index (χ2v) is 2.53. The van der Waals surface area contributed by atoms with E-state index in [1.807, 2.05) is 0 Å². The minimum absolute atomic E-state index is 0.0761. The lowest BCUT2D eigenvalue weighted by atomic mass is 10.1. The average Bonchev–Trinajstić information content (AvgIpc) is 1.90. The lowest BCUT2D eigenvalue weighted by molar-refractivity contribution is 0.0878. The van der Waals surface area contributed by atoms with Gasteiger partial charge < -0.3 is 10.0 Å². The Balaban J connectivity index is 2.18. The Kier molecular flexibility index (Phi) is 2.49. The van der Waals surface area contributed by atoms with Gasteiger partial charge in [-0.15, -0.1) is 0 Å². The number of aliphatic hydroxyl groups is 1. The van der Waals surface area contributed by atoms with Gasteiger partial charge in [-0.1, -0.05) is 0 Å². The van der Waals surface area contributed by atoms with Crippen LogP contribution >= 0.6 is 0 Å². The zero-order chi connectivity index (χ0) is 6.69. The van der Waals surface area contributed by atoms with Crippen LogP contribution in [0.3, 0.4) is 0 Å². The van der Waals surface area contributed by atoms with E-state index in [-0.39, 0.29) is 6.10 Å². The van der Waals surface area contributed by atoms with Gasteiger partial charge >= 0.3 is 0 Å². The van der Waals surface area contributed by atoms with Crippen LogP contribution < -0.4 is 0 Å². The second kappa shape index (κ2) is 3.18. The molecule has 0 atom stereocenters. The van der Waals surface area contributed by atoms with Crippen LogP contribution in [0.2, 0.25) is 0 Å². The van der Waals surface area contributed by atoms with Crippen LogP contribution in [0.1, 0.15) is 12.8 Å². The Morgan fingerprint density at radius 2 is 2.00 bits per heavy atom. The third-order valence-corrected chi connectivity index (χ3v) is 1.82. The van der Waals surface area contributed by atoms with Gasteiger partial charge in [0, 0.05) is 19.6 Å². The fraction of sp³-hybridized carbons (Fsp3) is 0.857. The summed E-state index contributed by atoms with van der Waals surface area (Å²) < 4.78 is 0. The van der Waals surface area contributed by atoms with E-state index in [9.17, 15) is 0 Å². The molecule has 0 spiro atoms. The molecule has 2 nitrogen and oxygen atoms in total. The highest BCUT2D eigenvalue weighted by molar-refractivity contribution is 4.70. The third kappa shape index (κ3) is 1.95. The predicted molar refractivity (Wildman–Crippen MR) is 36.0 cm³/mol. The molecule has 0 saturated carbocycles. The Hall–Kier alpha value is -0.0800. The Bertz CT molecular complexity index is 77.0. The monoisotopic (exact) mass is 127 g/mol. The predicted octanol–water partition coefficient (Wildman–Crippen LogP) is 0.154. The first-order valence-electron chi connectivity index (χ1n) is 3.43. The SMILES string of the molecule is [CH]CN1CCC(O)CC1. The Morgan fingerprint density at radius 3 is 2.44 bits per heavy atom. The normalized spacial score (nSPS) is 24.7. The first kappa shape index (κ1) is 7.03. The minimum atomic E-state index is -0.0761. The van der Waals surface area contributed by atoms with Crippen LogP contribution in [0.4, 0.5) is 0 Å². The van der Waals surface area contributed by atoms with Gasteiger partial charge in [-0.3, -0.25) is 0 Å². The van der Waals surface area contributed by atoms with Crippen molar-refractivity contribution in [3.8, 4) is 0 Å². The summed E-state index contributed by atoms with van der Waals surface area (Å²) in [6, 6.07) is 0. The van der Waals surface area contributed by atoms with Crippen molar-refractivity contribution in [3.05, 3.63) is 6.92 Å². The average molecular weight is 127 g/mol. The lowest BCUT2D eigenvalue weighted by Gasteiger charge is -2.27. The quantitative estimate of drug-likeness (QED) is 0.542. The number of hydrogen-bond donors (Lipinski definition) is 1. The van der Waals surface area contributed by atoms with Crippen LogP contribution in [0.5, 0.6) is 0 Å². The van der Waals surface area contributed by atoms with Crippen molar-refractivity contribution in [3.63, 3.8) is 0 Å². The zero-order valence-corrected chi connectivity index (χ0v) is 5.58. The van der Waals surface area contributed by atoms with Crippen molar-refractivity contribution in [2.75, 3.05) is 19.6 Å². The molecule has 0 bridgehead atoms. The molecule has 52 valence electrons. The van der Waals surface area contributed by atoms with Crippen molar-refractivity contribution < 1.29 is 5.11 Å². The van der Waals surface area contributed by atoms with E-state index < -0.39 is 0 Å². The van der Waals surface area contributed by atoms with E-state index in [0.717, 1.165) is 25.9 Å². The number of hydrogen-bond acceptors (Lipinski definition) is 2. The summed E-state index contributed by atoms with van der Waals surface area (Å²) in [4.78, 5) is 2.15. The molecule has 1 N–H and O–H groups in total. The number of likely N-dealkylation sites (tertiary alicyclic amines) is 1. The van der Waals surface area contributed by atoms with Gasteiger partial charge in [0.05, 0.1) is 6.10 Å². The van der Waals surface area contributed by atoms with E-state index in [1.165, 1.54) is 0 Å². The molecule has 0 aromatic carbocycles. The highest BCUT2D eigenvalue weighted by atomic mass is 16.3. The number of aliphatic hydroxyl groups excluding tert-OH is 1. The summed E-state index contributed by atoms with van der Waals surface area (Å²) in [5.74, 6) is 0. The summed E-state index contributed by atoms with van der Waals surface area (Å²) in [6.07, 6.45) is 1.70. The van der Waals surface area contributed by atoms with Crippen molar-refractivity contribution in [2.45, 2.75) is 18.9 Å². The Labute approximate surface area is 56.5 Å². The second-order valence-electron chi connectivity index (χ2n) is 2.53. The smallest absolute Gasteiger partial charge is 0.0564 e. The molecule has 0 aliphatic carbocycles. The highest BCUT2D eigenvalue weighted by Gasteiger charge is 2.14. The number of piperidine rings is 1. The first-order valence-corrected chi connectivity index (χ1v) is 3.43. The van der Waals surface area contributed by atoms with Gasteiger partial charge in [0.15, 0.2) is 0 Å². The maximum absolute atomic E-state index is 9.05. The zero-order valence-electron chi connectivity index (χ0n) is 5.58. The molecule has 1 heterocycles. The summed E-state index contributed by atoms with van der Waals surface area (Å²) in [5, 5.41) is 9.05. The maximum Gasteiger partial charge on any atom is 0.0564 e. The summed E-state index contributed by atoms with van der Waals surface area (Å²) in [7, 11) is 0. The lowest BCUT2D eigenvalue weighted by Crippen LogP contribution is -2.35. The minimum Gasteiger partial charge on any atom is -0.393 e. The molecule has 0 unspecified atom stereocenters. The maximum atomic E-state index is 9.05. The first-order chi connectivity index (χ1) is 4.33. The topological polar surface area (TPSA) is 23.5 Å². The van der Waals surface area contributed by atoms with Crippen molar-refractivity contribution in [1.82, 2.24) is 4.90 Å². The fourth-order valence-electron chi connectivity index (χ4n) is 1.10. The summed E-state index contributed by atoms with van der Waals surface area (Å²) in [6.45, 7) is 7.94. The molecule has 2 radical (unpaired) electrons. The van der Waals surface area contributed by atoms with Gasteiger partial charge in [-0.25, -0.2) is 0 Å². The molecule has 0 amide bonds. The van der Waals surface area contributed by atoms with Crippen LogP contribution in [-0.2, 0) is 0 Å². The number of rotatable bonds is 1. The standard InChI is InChI=1S/C7H13NO/c1-2-8-5-3-7(9)4-6-8/h1,7,9H,2-6H2. The molecule has 1 aliphatic rings. The molecule has 1 rings (SSSR count). The van der Waals surface area contributed by atoms with E-state index in [1.54, 1.807) is 0 Å². The molecule has 1 saturated heterocycles. The molecule has 0 aromatic heterocycles. The van der Waals surface area contributed by atoms with Crippen LogP contribution in [0.15, 0.2) is 0 Å². The fourth-order valence-corrected chi connectivity index (χ4v) is 1.10. The van der Waals surface area contributed by atoms with Gasteiger partial charge in [0.1, 0.15) is 0 Å². The van der Waals surface area contributed by atoms with Crippen LogP contribution in [0.25, 0.3) is 0 Å². The van der Waals surface area contributed by atoms with Gasteiger partial charge in [0.2, 0.25) is 0 Å². The van der Waals surface area contributed by atoms with Crippen molar-refractivity contribution >= 4 is 0 Å². The van der Waals surface area contributed by atoms with Gasteiger partial charge in [0.25, 0.3) is 0 Å². The van der Waals surface area contributed by atoms with E-state index in [0.29, 0.717) is 6.54 Å². The molecule has 0 aromatic rings. The van der Waals surface area contributed by atoms with Crippen molar-refractivity contribution in [2.24, 2.45) is 0 Å². The largest absolute Gasteiger partial charge is 0.393 e. The van der Waals surface area contributed by atoms with Crippen LogP contribution in [-0.4, -0.2) is 35.7 Å². The van der Waals surface area contributed by atoms with E-state index in [4.69, 9.17) is 12.0 Å². The molecule has 9 heavy (non-hydrogen) atoms. The van der Waals surface area contributed by atoms with Crippen molar-refractivity contribution in [1.29, 1.82) is 0 Å². The molecule has 1 aliphatic heterocycles. The summed E-state index contributed by atoms with van der Waals surface area (Å²) >= 11 is 0. The summed E-state index contributed by atoms with van der Waals surface area (Å²) in [5.41, 5.74) is 0. The highest BCUT2D eigenvalue weighted by Crippen LogP contribution is 2.08. The Morgan fingerprint density at radius 1 is 1.44 bits per heavy atom.